The number of aryl methyl sites for hydroxylation is 1. The maximum absolute atomic E-state index is 12.0. The lowest BCUT2D eigenvalue weighted by Gasteiger charge is -2.05. The van der Waals surface area contributed by atoms with Gasteiger partial charge in [0.2, 0.25) is 11.8 Å². The lowest BCUT2D eigenvalue weighted by Crippen LogP contribution is -2.24. The third-order valence-electron chi connectivity index (χ3n) is 3.49. The predicted molar refractivity (Wildman–Crippen MR) is 89.0 cm³/mol. The molecule has 0 atom stereocenters. The highest BCUT2D eigenvalue weighted by Crippen LogP contribution is 2.12. The van der Waals surface area contributed by atoms with Crippen molar-refractivity contribution in [1.82, 2.24) is 25.1 Å². The zero-order valence-corrected chi connectivity index (χ0v) is 13.8. The van der Waals surface area contributed by atoms with Crippen LogP contribution in [0.15, 0.2) is 36.4 Å². The van der Waals surface area contributed by atoms with E-state index in [4.69, 9.17) is 16.3 Å². The fourth-order valence-corrected chi connectivity index (χ4v) is 2.46. The summed E-state index contributed by atoms with van der Waals surface area (Å²) in [4.78, 5) is 12.0. The first kappa shape index (κ1) is 16.2. The van der Waals surface area contributed by atoms with Crippen LogP contribution in [0.5, 0.6) is 5.88 Å². The molecule has 24 heavy (non-hydrogen) atoms. The molecule has 0 unspecified atom stereocenters. The Balaban J connectivity index is 1.58. The van der Waals surface area contributed by atoms with Crippen LogP contribution in [-0.4, -0.2) is 32.8 Å². The summed E-state index contributed by atoms with van der Waals surface area (Å²) in [5, 5.41) is 15.8. The lowest BCUT2D eigenvalue weighted by atomic mass is 10.1. The van der Waals surface area contributed by atoms with Gasteiger partial charge in [-0.3, -0.25) is 4.79 Å². The van der Waals surface area contributed by atoms with Gasteiger partial charge >= 0.3 is 0 Å². The van der Waals surface area contributed by atoms with Crippen LogP contribution in [0.1, 0.15) is 17.8 Å². The summed E-state index contributed by atoms with van der Waals surface area (Å²) in [7, 11) is 1.54. The summed E-state index contributed by atoms with van der Waals surface area (Å²) >= 11 is 5.93. The Labute approximate surface area is 143 Å². The first-order valence-electron chi connectivity index (χ1n) is 7.42. The average Bonchev–Trinajstić information content (AvgIpc) is 3.00. The van der Waals surface area contributed by atoms with Crippen molar-refractivity contribution < 1.29 is 9.53 Å². The largest absolute Gasteiger partial charge is 0.480 e. The van der Waals surface area contributed by atoms with Gasteiger partial charge in [-0.2, -0.15) is 4.52 Å². The molecule has 1 aromatic carbocycles. The molecule has 0 aliphatic heterocycles. The lowest BCUT2D eigenvalue weighted by molar-refractivity contribution is -0.121. The molecule has 0 fully saturated rings. The summed E-state index contributed by atoms with van der Waals surface area (Å²) in [6.45, 7) is 0.246. The molecule has 1 amide bonds. The van der Waals surface area contributed by atoms with E-state index in [2.05, 4.69) is 20.6 Å². The molecule has 0 aliphatic rings. The summed E-state index contributed by atoms with van der Waals surface area (Å²) in [6, 6.07) is 10.9. The number of methoxy groups -OCH3 is 1. The van der Waals surface area contributed by atoms with Crippen molar-refractivity contribution in [2.75, 3.05) is 7.11 Å². The van der Waals surface area contributed by atoms with Gasteiger partial charge in [0.1, 0.15) is 0 Å². The van der Waals surface area contributed by atoms with E-state index in [1.807, 2.05) is 24.3 Å². The fraction of sp³-hybridized carbons (Fsp3) is 0.250. The van der Waals surface area contributed by atoms with E-state index in [1.165, 1.54) is 7.11 Å². The number of halogens is 1. The molecule has 0 saturated carbocycles. The molecule has 3 aromatic rings. The maximum Gasteiger partial charge on any atom is 0.231 e. The van der Waals surface area contributed by atoms with E-state index in [0.29, 0.717) is 35.2 Å². The summed E-state index contributed by atoms with van der Waals surface area (Å²) in [5.41, 5.74) is 1.62. The number of amides is 1. The molecule has 0 saturated heterocycles. The normalized spacial score (nSPS) is 10.8. The van der Waals surface area contributed by atoms with Crippen LogP contribution >= 0.6 is 11.6 Å². The number of nitrogens with zero attached hydrogens (tertiary/aromatic N) is 4. The number of fused-ring (bicyclic) bond motifs is 1. The Morgan fingerprint density at radius 2 is 2.17 bits per heavy atom. The molecular formula is C16H16ClN5O2. The van der Waals surface area contributed by atoms with E-state index in [0.717, 1.165) is 5.56 Å². The number of carbonyl (C=O) groups is 1. The van der Waals surface area contributed by atoms with Crippen LogP contribution < -0.4 is 10.1 Å². The van der Waals surface area contributed by atoms with Gasteiger partial charge in [0.15, 0.2) is 11.5 Å². The molecule has 0 radical (unpaired) electrons. The highest BCUT2D eigenvalue weighted by atomic mass is 35.5. The average molecular weight is 346 g/mol. The van der Waals surface area contributed by atoms with Crippen LogP contribution in [0.25, 0.3) is 5.65 Å². The Bertz CT molecular complexity index is 865. The van der Waals surface area contributed by atoms with Crippen LogP contribution in [0, 0.1) is 0 Å². The molecule has 124 valence electrons. The summed E-state index contributed by atoms with van der Waals surface area (Å²) in [5.74, 6) is 0.922. The van der Waals surface area contributed by atoms with Gasteiger partial charge in [-0.1, -0.05) is 23.7 Å². The molecule has 1 N–H and O–H groups in total. The maximum atomic E-state index is 12.0. The van der Waals surface area contributed by atoms with Gasteiger partial charge in [-0.05, 0) is 30.2 Å². The second-order valence-electron chi connectivity index (χ2n) is 5.17. The van der Waals surface area contributed by atoms with Crippen molar-refractivity contribution in [2.24, 2.45) is 0 Å². The molecule has 7 nitrogen and oxygen atoms in total. The monoisotopic (exact) mass is 345 g/mol. The van der Waals surface area contributed by atoms with Crippen molar-refractivity contribution >= 4 is 23.2 Å². The van der Waals surface area contributed by atoms with E-state index >= 15 is 0 Å². The molecule has 2 aromatic heterocycles. The van der Waals surface area contributed by atoms with E-state index < -0.39 is 0 Å². The van der Waals surface area contributed by atoms with Crippen molar-refractivity contribution in [3.8, 4) is 5.88 Å². The minimum atomic E-state index is -0.0744. The predicted octanol–water partition coefficient (Wildman–Crippen LogP) is 2.04. The Morgan fingerprint density at radius 3 is 2.96 bits per heavy atom. The van der Waals surface area contributed by atoms with Crippen LogP contribution in [0.2, 0.25) is 5.02 Å². The number of rotatable bonds is 6. The number of hydrogen-bond donors (Lipinski definition) is 1. The Morgan fingerprint density at radius 1 is 1.29 bits per heavy atom. The van der Waals surface area contributed by atoms with Crippen molar-refractivity contribution in [1.29, 1.82) is 0 Å². The molecule has 2 heterocycles. The molecule has 0 aliphatic carbocycles. The third-order valence-corrected chi connectivity index (χ3v) is 3.72. The zero-order chi connectivity index (χ0) is 16.9. The molecular weight excluding hydrogens is 330 g/mol. The summed E-state index contributed by atoms with van der Waals surface area (Å²) in [6.07, 6.45) is 0.993. The van der Waals surface area contributed by atoms with Gasteiger partial charge in [-0.15, -0.1) is 15.3 Å². The highest BCUT2D eigenvalue weighted by molar-refractivity contribution is 6.30. The third kappa shape index (κ3) is 3.80. The SMILES string of the molecule is COc1ccc2nnc(CNC(=O)CCc3cccc(Cl)c3)n2n1. The number of ether oxygens (including phenoxy) is 1. The second-order valence-corrected chi connectivity index (χ2v) is 5.61. The van der Waals surface area contributed by atoms with Crippen molar-refractivity contribution in [3.05, 3.63) is 52.8 Å². The standard InChI is InChI=1S/C16H16ClN5O2/c1-24-16-8-6-13-19-20-14(22(13)21-16)10-18-15(23)7-5-11-3-2-4-12(17)9-11/h2-4,6,8-9H,5,7,10H2,1H3,(H,18,23). The highest BCUT2D eigenvalue weighted by Gasteiger charge is 2.10. The van der Waals surface area contributed by atoms with Gasteiger partial charge in [0, 0.05) is 17.5 Å². The van der Waals surface area contributed by atoms with Gasteiger partial charge in [-0.25, -0.2) is 0 Å². The molecule has 3 rings (SSSR count). The van der Waals surface area contributed by atoms with Gasteiger partial charge < -0.3 is 10.1 Å². The quantitative estimate of drug-likeness (QED) is 0.739. The first-order valence-corrected chi connectivity index (χ1v) is 7.80. The number of benzene rings is 1. The molecule has 8 heteroatoms. The fourth-order valence-electron chi connectivity index (χ4n) is 2.25. The van der Waals surface area contributed by atoms with Crippen molar-refractivity contribution in [2.45, 2.75) is 19.4 Å². The Kier molecular flexibility index (Phi) is 4.90. The Hall–Kier alpha value is -2.67. The first-order chi connectivity index (χ1) is 11.7. The van der Waals surface area contributed by atoms with E-state index in [-0.39, 0.29) is 12.5 Å². The minimum absolute atomic E-state index is 0.0744. The van der Waals surface area contributed by atoms with Crippen LogP contribution in [0.4, 0.5) is 0 Å². The van der Waals surface area contributed by atoms with Crippen LogP contribution in [-0.2, 0) is 17.8 Å². The smallest absolute Gasteiger partial charge is 0.231 e. The zero-order valence-electron chi connectivity index (χ0n) is 13.1. The molecule has 0 spiro atoms. The minimum Gasteiger partial charge on any atom is -0.480 e. The van der Waals surface area contributed by atoms with Gasteiger partial charge in [0.25, 0.3) is 0 Å². The number of aromatic nitrogens is 4. The second kappa shape index (κ2) is 7.27. The number of nitrogens with one attached hydrogen (secondary N) is 1. The topological polar surface area (TPSA) is 81.4 Å². The van der Waals surface area contributed by atoms with Crippen LogP contribution in [0.3, 0.4) is 0 Å². The van der Waals surface area contributed by atoms with Crippen molar-refractivity contribution in [3.63, 3.8) is 0 Å². The molecule has 0 bridgehead atoms. The van der Waals surface area contributed by atoms with E-state index in [1.54, 1.807) is 16.6 Å². The number of hydrogen-bond acceptors (Lipinski definition) is 5. The van der Waals surface area contributed by atoms with E-state index in [9.17, 15) is 4.79 Å². The van der Waals surface area contributed by atoms with Gasteiger partial charge in [0.05, 0.1) is 13.7 Å². The number of carbonyl (C=O) groups excluding carboxylic acids is 1. The summed E-state index contributed by atoms with van der Waals surface area (Å²) < 4.78 is 6.64.